The topological polar surface area (TPSA) is 43.8 Å². The average Bonchev–Trinajstić information content (AvgIpc) is 3.10. The van der Waals surface area contributed by atoms with Crippen LogP contribution in [0.2, 0.25) is 0 Å². The number of aliphatic hydroxyl groups is 1. The van der Waals surface area contributed by atoms with Crippen molar-refractivity contribution in [2.75, 3.05) is 32.7 Å². The van der Waals surface area contributed by atoms with Gasteiger partial charge in [0.2, 0.25) is 0 Å². The Balaban J connectivity index is 1.55. The number of nitrogens with zero attached hydrogens (tertiary/aromatic N) is 2. The Morgan fingerprint density at radius 2 is 1.90 bits per heavy atom. The van der Waals surface area contributed by atoms with Crippen LogP contribution < -0.4 is 0 Å². The standard InChI is InChI=1S/C16H24N2O2S/c1-13-4-5-14(21-13)15(19)18-10-6-16(20,7-11-18)12-17-8-2-3-9-17/h4-5,20H,2-3,6-12H2,1H3. The molecule has 0 aromatic carbocycles. The van der Waals surface area contributed by atoms with Crippen LogP contribution >= 0.6 is 11.3 Å². The van der Waals surface area contributed by atoms with Crippen LogP contribution in [0.4, 0.5) is 0 Å². The Bertz CT molecular complexity index is 500. The summed E-state index contributed by atoms with van der Waals surface area (Å²) in [6.07, 6.45) is 3.88. The molecule has 0 saturated carbocycles. The van der Waals surface area contributed by atoms with Crippen LogP contribution in [0.25, 0.3) is 0 Å². The number of thiophene rings is 1. The maximum Gasteiger partial charge on any atom is 0.263 e. The summed E-state index contributed by atoms with van der Waals surface area (Å²) in [5.41, 5.74) is -0.605. The van der Waals surface area contributed by atoms with Gasteiger partial charge in [-0.15, -0.1) is 11.3 Å². The second-order valence-electron chi connectivity index (χ2n) is 6.41. The fraction of sp³-hybridized carbons (Fsp3) is 0.688. The minimum Gasteiger partial charge on any atom is -0.388 e. The van der Waals surface area contributed by atoms with Crippen molar-refractivity contribution in [3.05, 3.63) is 21.9 Å². The van der Waals surface area contributed by atoms with Gasteiger partial charge in [-0.1, -0.05) is 0 Å². The molecular weight excluding hydrogens is 284 g/mol. The van der Waals surface area contributed by atoms with Gasteiger partial charge in [-0.3, -0.25) is 4.79 Å². The highest BCUT2D eigenvalue weighted by atomic mass is 32.1. The van der Waals surface area contributed by atoms with Crippen molar-refractivity contribution in [3.8, 4) is 0 Å². The summed E-state index contributed by atoms with van der Waals surface area (Å²) in [5, 5.41) is 10.7. The van der Waals surface area contributed by atoms with E-state index in [9.17, 15) is 9.90 Å². The van der Waals surface area contributed by atoms with Crippen LogP contribution in [0, 0.1) is 6.92 Å². The first-order chi connectivity index (χ1) is 10.1. The number of hydrogen-bond donors (Lipinski definition) is 1. The van der Waals surface area contributed by atoms with Crippen LogP contribution in [-0.2, 0) is 0 Å². The van der Waals surface area contributed by atoms with Gasteiger partial charge in [0.15, 0.2) is 0 Å². The summed E-state index contributed by atoms with van der Waals surface area (Å²) < 4.78 is 0. The number of aryl methyl sites for hydroxylation is 1. The molecule has 0 unspecified atom stereocenters. The van der Waals surface area contributed by atoms with Gasteiger partial charge in [-0.2, -0.15) is 0 Å². The molecule has 21 heavy (non-hydrogen) atoms. The summed E-state index contributed by atoms with van der Waals surface area (Å²) in [7, 11) is 0. The number of β-amino-alcohol motifs (C(OH)–C–C–N with tert-alkyl or cyclic N) is 1. The Labute approximate surface area is 130 Å². The molecule has 1 N–H and O–H groups in total. The Kier molecular flexibility index (Phi) is 4.33. The van der Waals surface area contributed by atoms with Gasteiger partial charge in [-0.25, -0.2) is 0 Å². The predicted molar refractivity (Wildman–Crippen MR) is 84.8 cm³/mol. The van der Waals surface area contributed by atoms with Crippen LogP contribution in [0.1, 0.15) is 40.2 Å². The lowest BCUT2D eigenvalue weighted by molar-refractivity contribution is -0.0366. The molecule has 0 radical (unpaired) electrons. The Morgan fingerprint density at radius 3 is 2.48 bits per heavy atom. The van der Waals surface area contributed by atoms with E-state index in [2.05, 4.69) is 4.90 Å². The largest absolute Gasteiger partial charge is 0.388 e. The van der Waals surface area contributed by atoms with Gasteiger partial charge in [0, 0.05) is 24.5 Å². The molecule has 0 bridgehead atoms. The van der Waals surface area contributed by atoms with E-state index in [1.807, 2.05) is 24.0 Å². The van der Waals surface area contributed by atoms with Crippen molar-refractivity contribution in [1.82, 2.24) is 9.80 Å². The lowest BCUT2D eigenvalue weighted by atomic mass is 9.90. The van der Waals surface area contributed by atoms with E-state index < -0.39 is 5.60 Å². The Hall–Kier alpha value is -0.910. The SMILES string of the molecule is Cc1ccc(C(=O)N2CCC(O)(CN3CCCC3)CC2)s1. The number of carbonyl (C=O) groups is 1. The highest BCUT2D eigenvalue weighted by molar-refractivity contribution is 7.13. The van der Waals surface area contributed by atoms with Gasteiger partial charge in [-0.05, 0) is 57.8 Å². The molecule has 1 aromatic rings. The molecule has 5 heteroatoms. The third-order valence-corrected chi connectivity index (χ3v) is 5.64. The number of hydrogen-bond acceptors (Lipinski definition) is 4. The third-order valence-electron chi connectivity index (χ3n) is 4.65. The lowest BCUT2D eigenvalue weighted by Gasteiger charge is -2.40. The first-order valence-corrected chi connectivity index (χ1v) is 8.68. The van der Waals surface area contributed by atoms with E-state index in [-0.39, 0.29) is 5.91 Å². The average molecular weight is 308 g/mol. The van der Waals surface area contributed by atoms with E-state index in [0.717, 1.165) is 24.5 Å². The van der Waals surface area contributed by atoms with E-state index in [1.54, 1.807) is 11.3 Å². The summed E-state index contributed by atoms with van der Waals surface area (Å²) in [5.74, 6) is 0.122. The van der Waals surface area contributed by atoms with Gasteiger partial charge >= 0.3 is 0 Å². The van der Waals surface area contributed by atoms with Crippen molar-refractivity contribution in [3.63, 3.8) is 0 Å². The monoisotopic (exact) mass is 308 g/mol. The fourth-order valence-corrected chi connectivity index (χ4v) is 4.18. The highest BCUT2D eigenvalue weighted by Gasteiger charge is 2.36. The molecular formula is C16H24N2O2S. The number of amides is 1. The molecule has 2 saturated heterocycles. The highest BCUT2D eigenvalue weighted by Crippen LogP contribution is 2.27. The normalized spacial score (nSPS) is 22.7. The molecule has 3 heterocycles. The zero-order chi connectivity index (χ0) is 14.9. The van der Waals surface area contributed by atoms with E-state index in [1.165, 1.54) is 17.7 Å². The maximum absolute atomic E-state index is 12.4. The summed E-state index contributed by atoms with van der Waals surface area (Å²) in [6, 6.07) is 3.90. The molecule has 2 aliphatic rings. The first kappa shape index (κ1) is 15.0. The summed E-state index contributed by atoms with van der Waals surface area (Å²) >= 11 is 1.55. The molecule has 0 aliphatic carbocycles. The van der Waals surface area contributed by atoms with Gasteiger partial charge < -0.3 is 14.9 Å². The number of piperidine rings is 1. The minimum atomic E-state index is -0.605. The van der Waals surface area contributed by atoms with Crippen molar-refractivity contribution >= 4 is 17.2 Å². The molecule has 3 rings (SSSR count). The zero-order valence-electron chi connectivity index (χ0n) is 12.7. The van der Waals surface area contributed by atoms with Crippen molar-refractivity contribution in [2.24, 2.45) is 0 Å². The van der Waals surface area contributed by atoms with Crippen LogP contribution in [0.5, 0.6) is 0 Å². The molecule has 4 nitrogen and oxygen atoms in total. The molecule has 1 aromatic heterocycles. The van der Waals surface area contributed by atoms with Crippen molar-refractivity contribution in [2.45, 2.75) is 38.2 Å². The summed E-state index contributed by atoms with van der Waals surface area (Å²) in [6.45, 7) is 6.35. The zero-order valence-corrected chi connectivity index (χ0v) is 13.5. The minimum absolute atomic E-state index is 0.122. The smallest absolute Gasteiger partial charge is 0.263 e. The molecule has 1 amide bonds. The fourth-order valence-electron chi connectivity index (χ4n) is 3.35. The molecule has 0 spiro atoms. The molecule has 2 fully saturated rings. The lowest BCUT2D eigenvalue weighted by Crippen LogP contribution is -2.51. The Morgan fingerprint density at radius 1 is 1.24 bits per heavy atom. The quantitative estimate of drug-likeness (QED) is 0.930. The van der Waals surface area contributed by atoms with E-state index in [4.69, 9.17) is 0 Å². The van der Waals surface area contributed by atoms with Gasteiger partial charge in [0.05, 0.1) is 10.5 Å². The van der Waals surface area contributed by atoms with Gasteiger partial charge in [0.1, 0.15) is 0 Å². The molecule has 2 aliphatic heterocycles. The number of rotatable bonds is 3. The second kappa shape index (κ2) is 6.07. The first-order valence-electron chi connectivity index (χ1n) is 7.86. The van der Waals surface area contributed by atoms with E-state index >= 15 is 0 Å². The van der Waals surface area contributed by atoms with Crippen molar-refractivity contribution in [1.29, 1.82) is 0 Å². The molecule has 116 valence electrons. The second-order valence-corrected chi connectivity index (χ2v) is 7.70. The summed E-state index contributed by atoms with van der Waals surface area (Å²) in [4.78, 5) is 18.7. The number of carbonyl (C=O) groups excluding carboxylic acids is 1. The molecule has 0 atom stereocenters. The third kappa shape index (κ3) is 3.47. The van der Waals surface area contributed by atoms with Crippen LogP contribution in [0.3, 0.4) is 0 Å². The van der Waals surface area contributed by atoms with E-state index in [0.29, 0.717) is 25.9 Å². The maximum atomic E-state index is 12.4. The number of likely N-dealkylation sites (tertiary alicyclic amines) is 2. The van der Waals surface area contributed by atoms with Crippen LogP contribution in [0.15, 0.2) is 12.1 Å². The van der Waals surface area contributed by atoms with Gasteiger partial charge in [0.25, 0.3) is 5.91 Å². The van der Waals surface area contributed by atoms with Crippen LogP contribution in [-0.4, -0.2) is 59.1 Å². The predicted octanol–water partition coefficient (Wildman–Crippen LogP) is 2.12. The van der Waals surface area contributed by atoms with Crippen molar-refractivity contribution < 1.29 is 9.90 Å².